The summed E-state index contributed by atoms with van der Waals surface area (Å²) in [7, 11) is 0. The maximum Gasteiger partial charge on any atom is 0.257 e. The minimum absolute atomic E-state index is 0.157. The standard InChI is InChI=1S/C22H22N4O2/c1-15-5-2-6-16(11-15)17-7-3-8-19(12-17)25-21(27)20-9-4-10-26(20)22(28)18-13-23-24-14-18/h2-3,5-8,11-14,20H,4,9-10H2,1H3,(H,23,24)(H,25,27)/t20-/m1/s1. The molecule has 2 N–H and O–H groups in total. The number of amides is 2. The molecule has 0 bridgehead atoms. The number of hydrogen-bond acceptors (Lipinski definition) is 3. The molecule has 1 atom stereocenters. The Hall–Kier alpha value is -3.41. The molecule has 1 saturated heterocycles. The molecule has 1 aromatic heterocycles. The van der Waals surface area contributed by atoms with Crippen molar-refractivity contribution in [3.8, 4) is 11.1 Å². The molecular weight excluding hydrogens is 352 g/mol. The summed E-state index contributed by atoms with van der Waals surface area (Å²) < 4.78 is 0. The number of anilines is 1. The molecule has 1 fully saturated rings. The van der Waals surface area contributed by atoms with E-state index < -0.39 is 6.04 Å². The number of aromatic amines is 1. The van der Waals surface area contributed by atoms with E-state index >= 15 is 0 Å². The Labute approximate surface area is 163 Å². The highest BCUT2D eigenvalue weighted by atomic mass is 16.2. The lowest BCUT2D eigenvalue weighted by Gasteiger charge is -2.23. The number of nitrogens with zero attached hydrogens (tertiary/aromatic N) is 2. The number of nitrogens with one attached hydrogen (secondary N) is 2. The second kappa shape index (κ2) is 7.68. The lowest BCUT2D eigenvalue weighted by molar-refractivity contribution is -0.119. The third kappa shape index (κ3) is 3.67. The Balaban J connectivity index is 1.50. The van der Waals surface area contributed by atoms with Crippen LogP contribution in [0.2, 0.25) is 0 Å². The fraction of sp³-hybridized carbons (Fsp3) is 0.227. The third-order valence-electron chi connectivity index (χ3n) is 5.04. The quantitative estimate of drug-likeness (QED) is 0.732. The normalized spacial score (nSPS) is 16.2. The van der Waals surface area contributed by atoms with Gasteiger partial charge in [0.05, 0.1) is 11.8 Å². The Kier molecular flexibility index (Phi) is 4.93. The summed E-state index contributed by atoms with van der Waals surface area (Å²) in [5, 5.41) is 9.45. The smallest absolute Gasteiger partial charge is 0.257 e. The summed E-state index contributed by atoms with van der Waals surface area (Å²) in [5.41, 5.74) is 4.53. The van der Waals surface area contributed by atoms with Crippen LogP contribution in [0.25, 0.3) is 11.1 Å². The number of benzene rings is 2. The maximum absolute atomic E-state index is 12.9. The molecule has 0 spiro atoms. The summed E-state index contributed by atoms with van der Waals surface area (Å²) in [6.07, 6.45) is 4.51. The lowest BCUT2D eigenvalue weighted by atomic mass is 10.0. The Bertz CT molecular complexity index is 997. The highest BCUT2D eigenvalue weighted by molar-refractivity contribution is 6.01. The Morgan fingerprint density at radius 3 is 2.68 bits per heavy atom. The predicted molar refractivity (Wildman–Crippen MR) is 108 cm³/mol. The average Bonchev–Trinajstić information content (AvgIpc) is 3.40. The van der Waals surface area contributed by atoms with Gasteiger partial charge in [-0.2, -0.15) is 5.10 Å². The minimum atomic E-state index is -0.468. The van der Waals surface area contributed by atoms with E-state index in [4.69, 9.17) is 0 Å². The van der Waals surface area contributed by atoms with Gasteiger partial charge in [0.25, 0.3) is 5.91 Å². The summed E-state index contributed by atoms with van der Waals surface area (Å²) in [6.45, 7) is 2.63. The van der Waals surface area contributed by atoms with Crippen molar-refractivity contribution in [1.82, 2.24) is 15.1 Å². The van der Waals surface area contributed by atoms with E-state index in [9.17, 15) is 9.59 Å². The van der Waals surface area contributed by atoms with Gasteiger partial charge in [-0.25, -0.2) is 0 Å². The van der Waals surface area contributed by atoms with E-state index in [0.717, 1.165) is 23.2 Å². The van der Waals surface area contributed by atoms with Crippen LogP contribution < -0.4 is 5.32 Å². The number of likely N-dealkylation sites (tertiary alicyclic amines) is 1. The first-order valence-corrected chi connectivity index (χ1v) is 9.39. The van der Waals surface area contributed by atoms with Crippen molar-refractivity contribution in [3.63, 3.8) is 0 Å². The van der Waals surface area contributed by atoms with Crippen molar-refractivity contribution >= 4 is 17.5 Å². The lowest BCUT2D eigenvalue weighted by Crippen LogP contribution is -2.43. The van der Waals surface area contributed by atoms with E-state index in [2.05, 4.69) is 40.6 Å². The van der Waals surface area contributed by atoms with Crippen LogP contribution >= 0.6 is 0 Å². The largest absolute Gasteiger partial charge is 0.327 e. The zero-order valence-corrected chi connectivity index (χ0v) is 15.7. The molecule has 0 aliphatic carbocycles. The van der Waals surface area contributed by atoms with Gasteiger partial charge in [-0.1, -0.05) is 42.0 Å². The van der Waals surface area contributed by atoms with Crippen LogP contribution in [0.4, 0.5) is 5.69 Å². The Morgan fingerprint density at radius 1 is 1.14 bits per heavy atom. The summed E-state index contributed by atoms with van der Waals surface area (Å²) in [6, 6.07) is 15.6. The van der Waals surface area contributed by atoms with Gasteiger partial charge in [0.15, 0.2) is 0 Å². The van der Waals surface area contributed by atoms with Crippen LogP contribution in [-0.2, 0) is 4.79 Å². The van der Waals surface area contributed by atoms with E-state index in [-0.39, 0.29) is 11.8 Å². The minimum Gasteiger partial charge on any atom is -0.327 e. The summed E-state index contributed by atoms with van der Waals surface area (Å²) in [4.78, 5) is 27.1. The molecule has 0 unspecified atom stereocenters. The van der Waals surface area contributed by atoms with Gasteiger partial charge < -0.3 is 10.2 Å². The molecular formula is C22H22N4O2. The molecule has 0 radical (unpaired) electrons. The molecule has 2 amide bonds. The number of rotatable bonds is 4. The van der Waals surface area contributed by atoms with E-state index in [1.165, 1.54) is 11.8 Å². The predicted octanol–water partition coefficient (Wildman–Crippen LogP) is 3.63. The molecule has 3 aromatic rings. The second-order valence-corrected chi connectivity index (χ2v) is 7.08. The molecule has 2 aromatic carbocycles. The average molecular weight is 374 g/mol. The molecule has 1 aliphatic heterocycles. The molecule has 2 heterocycles. The van der Waals surface area contributed by atoms with Crippen molar-refractivity contribution in [1.29, 1.82) is 0 Å². The van der Waals surface area contributed by atoms with Crippen LogP contribution in [-0.4, -0.2) is 39.5 Å². The number of hydrogen-bond donors (Lipinski definition) is 2. The molecule has 4 rings (SSSR count). The fourth-order valence-electron chi connectivity index (χ4n) is 3.64. The number of carbonyl (C=O) groups is 2. The van der Waals surface area contributed by atoms with Crippen molar-refractivity contribution in [2.24, 2.45) is 0 Å². The van der Waals surface area contributed by atoms with Crippen molar-refractivity contribution < 1.29 is 9.59 Å². The van der Waals surface area contributed by atoms with Gasteiger partial charge in [0, 0.05) is 18.4 Å². The van der Waals surface area contributed by atoms with Crippen LogP contribution in [0.5, 0.6) is 0 Å². The van der Waals surface area contributed by atoms with Gasteiger partial charge in [-0.15, -0.1) is 0 Å². The number of aryl methyl sites for hydroxylation is 1. The topological polar surface area (TPSA) is 78.1 Å². The number of H-pyrrole nitrogens is 1. The first-order valence-electron chi connectivity index (χ1n) is 9.39. The fourth-order valence-corrected chi connectivity index (χ4v) is 3.64. The first kappa shape index (κ1) is 18.0. The molecule has 142 valence electrons. The summed E-state index contributed by atoms with van der Waals surface area (Å²) >= 11 is 0. The molecule has 28 heavy (non-hydrogen) atoms. The van der Waals surface area contributed by atoms with Crippen molar-refractivity contribution in [2.75, 3.05) is 11.9 Å². The van der Waals surface area contributed by atoms with Crippen molar-refractivity contribution in [2.45, 2.75) is 25.8 Å². The summed E-state index contributed by atoms with van der Waals surface area (Å²) in [5.74, 6) is -0.323. The zero-order valence-electron chi connectivity index (χ0n) is 15.7. The van der Waals surface area contributed by atoms with Gasteiger partial charge >= 0.3 is 0 Å². The van der Waals surface area contributed by atoms with E-state index in [1.807, 2.05) is 30.3 Å². The van der Waals surface area contributed by atoms with E-state index in [1.54, 1.807) is 11.1 Å². The highest BCUT2D eigenvalue weighted by Crippen LogP contribution is 2.25. The van der Waals surface area contributed by atoms with Gasteiger partial charge in [-0.3, -0.25) is 14.7 Å². The van der Waals surface area contributed by atoms with Crippen LogP contribution in [0.1, 0.15) is 28.8 Å². The SMILES string of the molecule is Cc1cccc(-c2cccc(NC(=O)[C@H]3CCCN3C(=O)c3cn[nH]c3)c2)c1. The first-order chi connectivity index (χ1) is 13.6. The van der Waals surface area contributed by atoms with Crippen LogP contribution in [0, 0.1) is 6.92 Å². The number of carbonyl (C=O) groups excluding carboxylic acids is 2. The van der Waals surface area contributed by atoms with Crippen LogP contribution in [0.3, 0.4) is 0 Å². The Morgan fingerprint density at radius 2 is 1.93 bits per heavy atom. The zero-order chi connectivity index (χ0) is 19.5. The van der Waals surface area contributed by atoms with Crippen molar-refractivity contribution in [3.05, 3.63) is 72.1 Å². The molecule has 1 aliphatic rings. The third-order valence-corrected chi connectivity index (χ3v) is 5.04. The van der Waals surface area contributed by atoms with Gasteiger partial charge in [0.2, 0.25) is 5.91 Å². The monoisotopic (exact) mass is 374 g/mol. The van der Waals surface area contributed by atoms with Gasteiger partial charge in [0.1, 0.15) is 6.04 Å². The molecule has 0 saturated carbocycles. The van der Waals surface area contributed by atoms with E-state index in [0.29, 0.717) is 18.5 Å². The molecule has 6 nitrogen and oxygen atoms in total. The molecule has 6 heteroatoms. The maximum atomic E-state index is 12.9. The number of aromatic nitrogens is 2. The highest BCUT2D eigenvalue weighted by Gasteiger charge is 2.34. The van der Waals surface area contributed by atoms with Gasteiger partial charge in [-0.05, 0) is 43.0 Å². The second-order valence-electron chi connectivity index (χ2n) is 7.08. The van der Waals surface area contributed by atoms with Crippen LogP contribution in [0.15, 0.2) is 60.9 Å².